The summed E-state index contributed by atoms with van der Waals surface area (Å²) >= 11 is 12.0. The Morgan fingerprint density at radius 1 is 1.47 bits per heavy atom. The Labute approximate surface area is 120 Å². The van der Waals surface area contributed by atoms with Crippen molar-refractivity contribution in [3.05, 3.63) is 34.2 Å². The van der Waals surface area contributed by atoms with Gasteiger partial charge in [-0.1, -0.05) is 23.2 Å². The Kier molecular flexibility index (Phi) is 4.29. The summed E-state index contributed by atoms with van der Waals surface area (Å²) in [6.07, 6.45) is 3.68. The van der Waals surface area contributed by atoms with Crippen molar-refractivity contribution in [1.29, 1.82) is 0 Å². The van der Waals surface area contributed by atoms with Crippen molar-refractivity contribution in [1.82, 2.24) is 14.3 Å². The molecule has 2 aromatic heterocycles. The van der Waals surface area contributed by atoms with Crippen LogP contribution < -0.4 is 0 Å². The van der Waals surface area contributed by atoms with Crippen molar-refractivity contribution in [3.63, 3.8) is 0 Å². The smallest absolute Gasteiger partial charge is 0.304 e. The van der Waals surface area contributed by atoms with Gasteiger partial charge in [-0.05, 0) is 13.1 Å². The number of aliphatic carboxylic acids is 1. The predicted octanol–water partition coefficient (Wildman–Crippen LogP) is 2.55. The van der Waals surface area contributed by atoms with Gasteiger partial charge in [0.2, 0.25) is 0 Å². The average Bonchev–Trinajstić information content (AvgIpc) is 2.69. The number of nitrogens with zero attached hydrogens (tertiary/aromatic N) is 3. The second kappa shape index (κ2) is 5.77. The lowest BCUT2D eigenvalue weighted by molar-refractivity contribution is -0.137. The molecule has 1 N–H and O–H groups in total. The molecule has 102 valence electrons. The summed E-state index contributed by atoms with van der Waals surface area (Å²) in [6.45, 7) is 1.03. The zero-order chi connectivity index (χ0) is 14.0. The molecule has 0 aliphatic carbocycles. The number of carbonyl (C=O) groups is 1. The molecule has 19 heavy (non-hydrogen) atoms. The Morgan fingerprint density at radius 2 is 2.21 bits per heavy atom. The molecule has 0 bridgehead atoms. The molecule has 0 aromatic carbocycles. The number of hydrogen-bond acceptors (Lipinski definition) is 3. The van der Waals surface area contributed by atoms with Crippen molar-refractivity contribution in [2.45, 2.75) is 13.0 Å². The molecule has 0 atom stereocenters. The molecule has 0 saturated heterocycles. The summed E-state index contributed by atoms with van der Waals surface area (Å²) in [5, 5.41) is 9.67. The van der Waals surface area contributed by atoms with E-state index in [4.69, 9.17) is 28.3 Å². The summed E-state index contributed by atoms with van der Waals surface area (Å²) in [4.78, 5) is 16.8. The van der Waals surface area contributed by atoms with Crippen molar-refractivity contribution >= 4 is 34.8 Å². The van der Waals surface area contributed by atoms with Crippen molar-refractivity contribution in [3.8, 4) is 0 Å². The van der Waals surface area contributed by atoms with Gasteiger partial charge >= 0.3 is 5.97 Å². The molecular formula is C12H13Cl2N3O2. The molecule has 0 unspecified atom stereocenters. The Bertz CT molecular complexity index is 612. The van der Waals surface area contributed by atoms with Gasteiger partial charge in [0.25, 0.3) is 0 Å². The van der Waals surface area contributed by atoms with Crippen LogP contribution in [0.2, 0.25) is 10.0 Å². The maximum atomic E-state index is 10.5. The zero-order valence-corrected chi connectivity index (χ0v) is 11.8. The highest BCUT2D eigenvalue weighted by Gasteiger charge is 2.09. The lowest BCUT2D eigenvalue weighted by Gasteiger charge is -2.12. The van der Waals surface area contributed by atoms with Crippen LogP contribution in [0.15, 0.2) is 18.5 Å². The highest BCUT2D eigenvalue weighted by atomic mass is 35.5. The minimum absolute atomic E-state index is 0.108. The monoisotopic (exact) mass is 301 g/mol. The molecule has 0 fully saturated rings. The van der Waals surface area contributed by atoms with E-state index in [1.54, 1.807) is 16.7 Å². The summed E-state index contributed by atoms with van der Waals surface area (Å²) < 4.78 is 1.77. The normalized spacial score (nSPS) is 11.4. The molecule has 0 saturated carbocycles. The van der Waals surface area contributed by atoms with E-state index in [1.165, 1.54) is 0 Å². The quantitative estimate of drug-likeness (QED) is 0.922. The lowest BCUT2D eigenvalue weighted by atomic mass is 10.3. The second-order valence-electron chi connectivity index (χ2n) is 4.35. The highest BCUT2D eigenvalue weighted by molar-refractivity contribution is 6.36. The van der Waals surface area contributed by atoms with Crippen molar-refractivity contribution in [2.75, 3.05) is 13.6 Å². The number of hydrogen-bond donors (Lipinski definition) is 1. The van der Waals surface area contributed by atoms with E-state index >= 15 is 0 Å². The van der Waals surface area contributed by atoms with Crippen LogP contribution in [0.4, 0.5) is 0 Å². The molecule has 2 rings (SSSR count). The van der Waals surface area contributed by atoms with E-state index in [9.17, 15) is 4.79 Å². The van der Waals surface area contributed by atoms with Gasteiger partial charge in [-0.2, -0.15) is 0 Å². The van der Waals surface area contributed by atoms with E-state index in [0.29, 0.717) is 28.8 Å². The molecule has 0 radical (unpaired) electrons. The van der Waals surface area contributed by atoms with E-state index in [0.717, 1.165) is 5.69 Å². The van der Waals surface area contributed by atoms with Crippen LogP contribution in [0.5, 0.6) is 0 Å². The van der Waals surface area contributed by atoms with Gasteiger partial charge in [-0.15, -0.1) is 0 Å². The summed E-state index contributed by atoms with van der Waals surface area (Å²) in [6, 6.07) is 1.64. The number of fused-ring (bicyclic) bond motifs is 1. The Balaban J connectivity index is 2.13. The largest absolute Gasteiger partial charge is 0.481 e. The van der Waals surface area contributed by atoms with Gasteiger partial charge < -0.3 is 9.51 Å². The van der Waals surface area contributed by atoms with Gasteiger partial charge in [0.05, 0.1) is 22.2 Å². The number of imidazole rings is 1. The van der Waals surface area contributed by atoms with E-state index in [-0.39, 0.29) is 6.42 Å². The summed E-state index contributed by atoms with van der Waals surface area (Å²) in [5.41, 5.74) is 1.46. The minimum atomic E-state index is -0.809. The van der Waals surface area contributed by atoms with Gasteiger partial charge in [-0.25, -0.2) is 4.98 Å². The van der Waals surface area contributed by atoms with Crippen LogP contribution in [0.25, 0.3) is 5.65 Å². The summed E-state index contributed by atoms with van der Waals surface area (Å²) in [5.74, 6) is -0.809. The standard InChI is InChI=1S/C12H13Cl2N3O2/c1-16(3-2-11(18)19)6-9-7-17-5-8(13)4-10(14)12(17)15-9/h4-5,7H,2-3,6H2,1H3,(H,18,19). The fourth-order valence-corrected chi connectivity index (χ4v) is 2.32. The number of aromatic nitrogens is 2. The molecule has 5 nitrogen and oxygen atoms in total. The Hall–Kier alpha value is -1.30. The fourth-order valence-electron chi connectivity index (χ4n) is 1.79. The molecule has 2 aromatic rings. The Morgan fingerprint density at radius 3 is 2.89 bits per heavy atom. The summed E-state index contributed by atoms with van der Waals surface area (Å²) in [7, 11) is 1.85. The molecule has 0 aliphatic rings. The SMILES string of the molecule is CN(CCC(=O)O)Cc1cn2cc(Cl)cc(Cl)c2n1. The van der Waals surface area contributed by atoms with Crippen LogP contribution in [-0.2, 0) is 11.3 Å². The highest BCUT2D eigenvalue weighted by Crippen LogP contribution is 2.22. The zero-order valence-electron chi connectivity index (χ0n) is 10.3. The van der Waals surface area contributed by atoms with Crippen LogP contribution in [-0.4, -0.2) is 39.0 Å². The number of pyridine rings is 1. The van der Waals surface area contributed by atoms with Crippen LogP contribution >= 0.6 is 23.2 Å². The average molecular weight is 302 g/mol. The van der Waals surface area contributed by atoms with Gasteiger partial charge in [0.15, 0.2) is 5.65 Å². The number of carboxylic acid groups (broad SMARTS) is 1. The molecule has 2 heterocycles. The minimum Gasteiger partial charge on any atom is -0.481 e. The molecule has 0 spiro atoms. The first-order chi connectivity index (χ1) is 8.95. The van der Waals surface area contributed by atoms with Gasteiger partial charge in [-0.3, -0.25) is 9.69 Å². The number of rotatable bonds is 5. The lowest BCUT2D eigenvalue weighted by Crippen LogP contribution is -2.21. The molecule has 7 heteroatoms. The van der Waals surface area contributed by atoms with Crippen molar-refractivity contribution in [2.24, 2.45) is 0 Å². The van der Waals surface area contributed by atoms with E-state index in [1.807, 2.05) is 18.1 Å². The maximum Gasteiger partial charge on any atom is 0.304 e. The molecule has 0 aliphatic heterocycles. The first-order valence-corrected chi connectivity index (χ1v) is 6.44. The molecule has 0 amide bonds. The van der Waals surface area contributed by atoms with Crippen LogP contribution in [0.1, 0.15) is 12.1 Å². The second-order valence-corrected chi connectivity index (χ2v) is 5.19. The van der Waals surface area contributed by atoms with Gasteiger partial charge in [0.1, 0.15) is 0 Å². The van der Waals surface area contributed by atoms with Crippen LogP contribution in [0.3, 0.4) is 0 Å². The van der Waals surface area contributed by atoms with E-state index < -0.39 is 5.97 Å². The van der Waals surface area contributed by atoms with Crippen molar-refractivity contribution < 1.29 is 9.90 Å². The third kappa shape index (κ3) is 3.59. The topological polar surface area (TPSA) is 57.8 Å². The first kappa shape index (κ1) is 14.1. The number of carboxylic acids is 1. The fraction of sp³-hybridized carbons (Fsp3) is 0.333. The molecular weight excluding hydrogens is 289 g/mol. The first-order valence-electron chi connectivity index (χ1n) is 5.68. The van der Waals surface area contributed by atoms with Gasteiger partial charge in [0, 0.05) is 25.5 Å². The third-order valence-electron chi connectivity index (χ3n) is 2.66. The third-order valence-corrected chi connectivity index (χ3v) is 3.15. The maximum absolute atomic E-state index is 10.5. The predicted molar refractivity (Wildman–Crippen MR) is 73.8 cm³/mol. The number of halogens is 2. The van der Waals surface area contributed by atoms with Crippen LogP contribution in [0, 0.1) is 0 Å². The van der Waals surface area contributed by atoms with E-state index in [2.05, 4.69) is 4.98 Å².